The van der Waals surface area contributed by atoms with E-state index in [2.05, 4.69) is 19.9 Å². The third-order valence-corrected chi connectivity index (χ3v) is 4.14. The maximum Gasteiger partial charge on any atom is 0.198 e. The van der Waals surface area contributed by atoms with Gasteiger partial charge in [-0.05, 0) is 48.5 Å². The summed E-state index contributed by atoms with van der Waals surface area (Å²) in [7, 11) is 1.53. The minimum absolute atomic E-state index is 0.0367. The van der Waals surface area contributed by atoms with E-state index >= 15 is 0 Å². The number of methoxy groups -OCH3 is 1. The van der Waals surface area contributed by atoms with E-state index in [9.17, 15) is 10.2 Å². The average Bonchev–Trinajstić information content (AvgIpc) is 2.74. The number of phenols is 2. The lowest BCUT2D eigenvalue weighted by Gasteiger charge is -2.10. The van der Waals surface area contributed by atoms with Gasteiger partial charge in [0.05, 0.1) is 18.5 Å². The topological polar surface area (TPSA) is 101 Å². The second kappa shape index (κ2) is 7.32. The Bertz CT molecular complexity index is 1120. The summed E-state index contributed by atoms with van der Waals surface area (Å²) >= 11 is 0. The number of hydrogen-bond acceptors (Lipinski definition) is 7. The molecule has 7 nitrogen and oxygen atoms in total. The van der Waals surface area contributed by atoms with E-state index in [0.29, 0.717) is 34.3 Å². The van der Waals surface area contributed by atoms with Gasteiger partial charge in [0, 0.05) is 29.6 Å². The predicted octanol–water partition coefficient (Wildman–Crippen LogP) is 3.69. The van der Waals surface area contributed by atoms with Crippen LogP contribution in [0.4, 0.5) is 0 Å². The van der Waals surface area contributed by atoms with Crippen LogP contribution < -0.4 is 4.74 Å². The summed E-state index contributed by atoms with van der Waals surface area (Å²) in [6, 6.07) is 15.2. The van der Waals surface area contributed by atoms with Crippen molar-refractivity contribution in [2.45, 2.75) is 0 Å². The van der Waals surface area contributed by atoms with Crippen LogP contribution in [0.1, 0.15) is 0 Å². The van der Waals surface area contributed by atoms with Gasteiger partial charge in [-0.2, -0.15) is 0 Å². The van der Waals surface area contributed by atoms with Crippen LogP contribution in [0.25, 0.3) is 34.2 Å². The van der Waals surface area contributed by atoms with Crippen molar-refractivity contribution in [3.05, 3.63) is 67.0 Å². The second-order valence-electron chi connectivity index (χ2n) is 5.96. The van der Waals surface area contributed by atoms with Gasteiger partial charge in [-0.1, -0.05) is 0 Å². The van der Waals surface area contributed by atoms with Gasteiger partial charge in [0.15, 0.2) is 11.6 Å². The molecule has 2 aromatic heterocycles. The Labute approximate surface area is 161 Å². The standard InChI is InChI=1S/C21H16N4O3/c1-28-15-7-8-16(19(27)11-15)18-12-17(13-3-5-14(26)6-4-13)24-21(25-18)20-22-9-2-10-23-20/h2-12,26-27H,1H3. The van der Waals surface area contributed by atoms with E-state index in [4.69, 9.17) is 4.74 Å². The predicted molar refractivity (Wildman–Crippen MR) is 104 cm³/mol. The zero-order valence-electron chi connectivity index (χ0n) is 14.9. The van der Waals surface area contributed by atoms with Gasteiger partial charge in [-0.15, -0.1) is 0 Å². The van der Waals surface area contributed by atoms with Crippen LogP contribution >= 0.6 is 0 Å². The highest BCUT2D eigenvalue weighted by molar-refractivity contribution is 5.74. The third-order valence-electron chi connectivity index (χ3n) is 4.14. The fourth-order valence-electron chi connectivity index (χ4n) is 2.73. The number of ether oxygens (including phenoxy) is 1. The molecule has 4 rings (SSSR count). The van der Waals surface area contributed by atoms with Gasteiger partial charge in [-0.25, -0.2) is 19.9 Å². The highest BCUT2D eigenvalue weighted by Crippen LogP contribution is 2.34. The number of nitrogens with zero attached hydrogens (tertiary/aromatic N) is 4. The maximum absolute atomic E-state index is 10.4. The molecule has 2 N–H and O–H groups in total. The molecule has 0 unspecified atom stereocenters. The molecule has 0 spiro atoms. The molecule has 28 heavy (non-hydrogen) atoms. The van der Waals surface area contributed by atoms with Crippen LogP contribution in [0.2, 0.25) is 0 Å². The summed E-state index contributed by atoms with van der Waals surface area (Å²) in [6.45, 7) is 0. The van der Waals surface area contributed by atoms with Gasteiger partial charge < -0.3 is 14.9 Å². The first-order chi connectivity index (χ1) is 13.6. The van der Waals surface area contributed by atoms with Crippen molar-refractivity contribution in [1.82, 2.24) is 19.9 Å². The van der Waals surface area contributed by atoms with E-state index in [0.717, 1.165) is 5.56 Å². The summed E-state index contributed by atoms with van der Waals surface area (Å²) in [5, 5.41) is 20.0. The first kappa shape index (κ1) is 17.4. The van der Waals surface area contributed by atoms with Crippen molar-refractivity contribution >= 4 is 0 Å². The summed E-state index contributed by atoms with van der Waals surface area (Å²) in [5.41, 5.74) is 2.44. The number of rotatable bonds is 4. The minimum atomic E-state index is 0.0367. The lowest BCUT2D eigenvalue weighted by atomic mass is 10.1. The number of aromatic nitrogens is 4. The van der Waals surface area contributed by atoms with Crippen molar-refractivity contribution in [2.75, 3.05) is 7.11 Å². The van der Waals surface area contributed by atoms with Crippen molar-refractivity contribution in [3.63, 3.8) is 0 Å². The smallest absolute Gasteiger partial charge is 0.198 e. The SMILES string of the molecule is COc1ccc(-c2cc(-c3ccc(O)cc3)nc(-c3ncccn3)n2)c(O)c1. The lowest BCUT2D eigenvalue weighted by Crippen LogP contribution is -1.99. The monoisotopic (exact) mass is 372 g/mol. The molecule has 138 valence electrons. The average molecular weight is 372 g/mol. The molecule has 0 bridgehead atoms. The van der Waals surface area contributed by atoms with Crippen LogP contribution in [0.15, 0.2) is 67.0 Å². The zero-order chi connectivity index (χ0) is 19.5. The van der Waals surface area contributed by atoms with Gasteiger partial charge in [0.1, 0.15) is 17.2 Å². The largest absolute Gasteiger partial charge is 0.508 e. The normalized spacial score (nSPS) is 10.6. The molecule has 0 aliphatic heterocycles. The Balaban J connectivity index is 1.90. The van der Waals surface area contributed by atoms with Gasteiger partial charge in [-0.3, -0.25) is 0 Å². The molecule has 0 amide bonds. The number of benzene rings is 2. The van der Waals surface area contributed by atoms with Crippen LogP contribution in [-0.4, -0.2) is 37.3 Å². The molecule has 0 atom stereocenters. The Kier molecular flexibility index (Phi) is 4.55. The van der Waals surface area contributed by atoms with Crippen molar-refractivity contribution in [3.8, 4) is 51.4 Å². The quantitative estimate of drug-likeness (QED) is 0.563. The Morgan fingerprint density at radius 2 is 1.50 bits per heavy atom. The van der Waals surface area contributed by atoms with Crippen LogP contribution in [0, 0.1) is 0 Å². The molecule has 0 saturated heterocycles. The van der Waals surface area contributed by atoms with E-state index < -0.39 is 0 Å². The molecule has 0 aliphatic rings. The van der Waals surface area contributed by atoms with Gasteiger partial charge >= 0.3 is 0 Å². The van der Waals surface area contributed by atoms with Crippen molar-refractivity contribution in [2.24, 2.45) is 0 Å². The Hall–Kier alpha value is -4.00. The summed E-state index contributed by atoms with van der Waals surface area (Å²) in [5.74, 6) is 1.45. The first-order valence-electron chi connectivity index (χ1n) is 8.47. The molecular weight excluding hydrogens is 356 g/mol. The highest BCUT2D eigenvalue weighted by atomic mass is 16.5. The van der Waals surface area contributed by atoms with E-state index in [1.807, 2.05) is 0 Å². The van der Waals surface area contributed by atoms with Gasteiger partial charge in [0.2, 0.25) is 0 Å². The van der Waals surface area contributed by atoms with E-state index in [1.54, 1.807) is 60.9 Å². The summed E-state index contributed by atoms with van der Waals surface area (Å²) in [6.07, 6.45) is 3.23. The number of phenolic OH excluding ortho intramolecular Hbond substituents is 2. The fraction of sp³-hybridized carbons (Fsp3) is 0.0476. The molecule has 4 aromatic rings. The summed E-state index contributed by atoms with van der Waals surface area (Å²) in [4.78, 5) is 17.6. The minimum Gasteiger partial charge on any atom is -0.508 e. The van der Waals surface area contributed by atoms with Crippen LogP contribution in [0.3, 0.4) is 0 Å². The fourth-order valence-corrected chi connectivity index (χ4v) is 2.73. The second-order valence-corrected chi connectivity index (χ2v) is 5.96. The summed E-state index contributed by atoms with van der Waals surface area (Å²) < 4.78 is 5.15. The van der Waals surface area contributed by atoms with Crippen molar-refractivity contribution < 1.29 is 14.9 Å². The van der Waals surface area contributed by atoms with E-state index in [-0.39, 0.29) is 11.5 Å². The van der Waals surface area contributed by atoms with Crippen molar-refractivity contribution in [1.29, 1.82) is 0 Å². The van der Waals surface area contributed by atoms with Gasteiger partial charge in [0.25, 0.3) is 0 Å². The molecule has 2 aromatic carbocycles. The molecular formula is C21H16N4O3. The third kappa shape index (κ3) is 3.45. The Morgan fingerprint density at radius 3 is 2.18 bits per heavy atom. The Morgan fingerprint density at radius 1 is 0.786 bits per heavy atom. The number of aromatic hydroxyl groups is 2. The highest BCUT2D eigenvalue weighted by Gasteiger charge is 2.14. The van der Waals surface area contributed by atoms with Crippen LogP contribution in [-0.2, 0) is 0 Å². The lowest BCUT2D eigenvalue weighted by molar-refractivity contribution is 0.408. The number of hydrogen-bond donors (Lipinski definition) is 2. The zero-order valence-corrected chi connectivity index (χ0v) is 14.9. The van der Waals surface area contributed by atoms with E-state index in [1.165, 1.54) is 13.2 Å². The maximum atomic E-state index is 10.4. The van der Waals surface area contributed by atoms with Crippen LogP contribution in [0.5, 0.6) is 17.2 Å². The molecule has 7 heteroatoms. The molecule has 0 radical (unpaired) electrons. The molecule has 2 heterocycles. The first-order valence-corrected chi connectivity index (χ1v) is 8.47. The molecule has 0 fully saturated rings. The molecule has 0 aliphatic carbocycles. The molecule has 0 saturated carbocycles.